The minimum Gasteiger partial charge on any atom is -0.357 e. The fraction of sp³-hybridized carbons (Fsp3) is 0.900. The van der Waals surface area contributed by atoms with Gasteiger partial charge in [0.25, 0.3) is 6.43 Å². The van der Waals surface area contributed by atoms with Crippen LogP contribution in [0, 0.1) is 0 Å². The van der Waals surface area contributed by atoms with Crippen LogP contribution in [0.15, 0.2) is 4.99 Å². The molecule has 0 atom stereocenters. The van der Waals surface area contributed by atoms with Crippen LogP contribution in [0.2, 0.25) is 0 Å². The number of rotatable bonds is 6. The topological polar surface area (TPSA) is 36.4 Å². The molecule has 7 heteroatoms. The van der Waals surface area contributed by atoms with Crippen LogP contribution in [-0.2, 0) is 0 Å². The van der Waals surface area contributed by atoms with Crippen molar-refractivity contribution in [2.45, 2.75) is 31.9 Å². The summed E-state index contributed by atoms with van der Waals surface area (Å²) in [5.74, 6) is 0.449. The summed E-state index contributed by atoms with van der Waals surface area (Å²) in [6, 6.07) is 0. The van der Waals surface area contributed by atoms with Crippen molar-refractivity contribution in [1.82, 2.24) is 10.6 Å². The second-order valence-electron chi connectivity index (χ2n) is 3.93. The molecule has 0 aliphatic carbocycles. The zero-order valence-electron chi connectivity index (χ0n) is 10.7. The highest BCUT2D eigenvalue weighted by atomic mass is 127. The van der Waals surface area contributed by atoms with E-state index in [1.807, 2.05) is 13.2 Å². The molecule has 0 unspecified atom stereocenters. The third-order valence-corrected chi connectivity index (χ3v) is 3.17. The molecule has 0 amide bonds. The van der Waals surface area contributed by atoms with Crippen molar-refractivity contribution in [2.24, 2.45) is 4.99 Å². The van der Waals surface area contributed by atoms with E-state index in [0.29, 0.717) is 19.0 Å². The van der Waals surface area contributed by atoms with Gasteiger partial charge in [-0.3, -0.25) is 4.99 Å². The van der Waals surface area contributed by atoms with Gasteiger partial charge in [0.05, 0.1) is 13.1 Å². The lowest BCUT2D eigenvalue weighted by molar-refractivity contribution is 0.152. The van der Waals surface area contributed by atoms with Crippen molar-refractivity contribution in [1.29, 1.82) is 0 Å². The largest absolute Gasteiger partial charge is 0.357 e. The van der Waals surface area contributed by atoms with Gasteiger partial charge in [0.2, 0.25) is 0 Å². The monoisotopic (exact) mass is 381 g/mol. The molecule has 0 aromatic carbocycles. The Kier molecular flexibility index (Phi) is 11.7. The fourth-order valence-corrected chi connectivity index (χ4v) is 1.04. The van der Waals surface area contributed by atoms with E-state index in [9.17, 15) is 8.78 Å². The number of nitrogens with zero attached hydrogens (tertiary/aromatic N) is 1. The number of alkyl halides is 2. The molecule has 2 N–H and O–H groups in total. The number of thioether (sulfide) groups is 1. The lowest BCUT2D eigenvalue weighted by Crippen LogP contribution is -2.40. The molecule has 0 radical (unpaired) electrons. The molecule has 0 aliphatic rings. The van der Waals surface area contributed by atoms with Gasteiger partial charge < -0.3 is 10.6 Å². The molecule has 104 valence electrons. The third kappa shape index (κ3) is 11.1. The number of hydrogen-bond acceptors (Lipinski definition) is 2. The second kappa shape index (κ2) is 10.2. The molecule has 0 saturated carbocycles. The quantitative estimate of drug-likeness (QED) is 0.422. The number of guanidine groups is 1. The van der Waals surface area contributed by atoms with Crippen molar-refractivity contribution in [2.75, 3.05) is 25.9 Å². The first-order valence-electron chi connectivity index (χ1n) is 5.26. The molecular formula is C10H22F2IN3S. The minimum atomic E-state index is -2.36. The third-order valence-electron chi connectivity index (χ3n) is 1.94. The molecule has 17 heavy (non-hydrogen) atoms. The smallest absolute Gasteiger partial charge is 0.255 e. The van der Waals surface area contributed by atoms with E-state index >= 15 is 0 Å². The van der Waals surface area contributed by atoms with E-state index in [2.05, 4.69) is 29.5 Å². The Morgan fingerprint density at radius 3 is 2.35 bits per heavy atom. The van der Waals surface area contributed by atoms with E-state index in [-0.39, 0.29) is 35.3 Å². The average molecular weight is 381 g/mol. The molecule has 0 saturated heterocycles. The fourth-order valence-electron chi connectivity index (χ4n) is 0.850. The predicted molar refractivity (Wildman–Crippen MR) is 83.0 cm³/mol. The van der Waals surface area contributed by atoms with Crippen molar-refractivity contribution < 1.29 is 8.78 Å². The second-order valence-corrected chi connectivity index (χ2v) is 5.44. The Labute approximate surface area is 124 Å². The standard InChI is InChI=1S/C10H21F2N3S.HI/c1-5-13-9(14-6-8(11)12)15-7-10(2,3)16-4;/h8H,5-7H2,1-4H3,(H2,13,14,15);1H. The average Bonchev–Trinajstić information content (AvgIpc) is 2.22. The summed E-state index contributed by atoms with van der Waals surface area (Å²) in [6.07, 6.45) is -0.355. The van der Waals surface area contributed by atoms with Gasteiger partial charge in [-0.25, -0.2) is 8.78 Å². The maximum atomic E-state index is 12.0. The van der Waals surface area contributed by atoms with Gasteiger partial charge >= 0.3 is 0 Å². The van der Waals surface area contributed by atoms with E-state index in [4.69, 9.17) is 0 Å². The van der Waals surface area contributed by atoms with Crippen LogP contribution in [-0.4, -0.2) is 43.0 Å². The van der Waals surface area contributed by atoms with Crippen molar-refractivity contribution in [3.63, 3.8) is 0 Å². The Morgan fingerprint density at radius 1 is 1.35 bits per heavy atom. The molecule has 0 aromatic heterocycles. The summed E-state index contributed by atoms with van der Waals surface area (Å²) in [4.78, 5) is 4.27. The molecule has 3 nitrogen and oxygen atoms in total. The molecule has 0 fully saturated rings. The van der Waals surface area contributed by atoms with Gasteiger partial charge in [-0.05, 0) is 27.0 Å². The van der Waals surface area contributed by atoms with Crippen LogP contribution in [0.4, 0.5) is 8.78 Å². The first-order chi connectivity index (χ1) is 7.41. The van der Waals surface area contributed by atoms with Gasteiger partial charge in [0.1, 0.15) is 0 Å². The highest BCUT2D eigenvalue weighted by Crippen LogP contribution is 2.20. The van der Waals surface area contributed by atoms with Crippen LogP contribution < -0.4 is 10.6 Å². The highest BCUT2D eigenvalue weighted by Gasteiger charge is 2.15. The van der Waals surface area contributed by atoms with Gasteiger partial charge in [0, 0.05) is 11.3 Å². The van der Waals surface area contributed by atoms with Crippen molar-refractivity contribution in [3.05, 3.63) is 0 Å². The Hall–Kier alpha value is 0.210. The zero-order chi connectivity index (χ0) is 12.6. The summed E-state index contributed by atoms with van der Waals surface area (Å²) < 4.78 is 24.1. The Bertz CT molecular complexity index is 226. The summed E-state index contributed by atoms with van der Waals surface area (Å²) >= 11 is 1.70. The van der Waals surface area contributed by atoms with Crippen molar-refractivity contribution >= 4 is 41.7 Å². The van der Waals surface area contributed by atoms with Crippen LogP contribution in [0.3, 0.4) is 0 Å². The van der Waals surface area contributed by atoms with Crippen LogP contribution >= 0.6 is 35.7 Å². The van der Waals surface area contributed by atoms with E-state index in [0.717, 1.165) is 0 Å². The number of hydrogen-bond donors (Lipinski definition) is 2. The molecule has 0 heterocycles. The van der Waals surface area contributed by atoms with E-state index in [1.54, 1.807) is 11.8 Å². The van der Waals surface area contributed by atoms with Gasteiger partial charge in [-0.1, -0.05) is 0 Å². The van der Waals surface area contributed by atoms with Gasteiger partial charge in [-0.15, -0.1) is 24.0 Å². The van der Waals surface area contributed by atoms with Crippen LogP contribution in [0.25, 0.3) is 0 Å². The van der Waals surface area contributed by atoms with Crippen LogP contribution in [0.5, 0.6) is 0 Å². The number of aliphatic imine (C=N–C) groups is 1. The molecule has 0 spiro atoms. The molecule has 0 aromatic rings. The minimum absolute atomic E-state index is 0. The number of halogens is 3. The molecular weight excluding hydrogens is 359 g/mol. The van der Waals surface area contributed by atoms with Gasteiger partial charge in [0.15, 0.2) is 5.96 Å². The van der Waals surface area contributed by atoms with E-state index in [1.165, 1.54) is 0 Å². The summed E-state index contributed by atoms with van der Waals surface area (Å²) in [7, 11) is 0. The summed E-state index contributed by atoms with van der Waals surface area (Å²) in [6.45, 7) is 6.92. The van der Waals surface area contributed by atoms with E-state index < -0.39 is 6.43 Å². The normalized spacial score (nSPS) is 12.3. The maximum absolute atomic E-state index is 12.0. The van der Waals surface area contributed by atoms with Gasteiger partial charge in [-0.2, -0.15) is 11.8 Å². The zero-order valence-corrected chi connectivity index (χ0v) is 13.9. The molecule has 0 rings (SSSR count). The molecule has 0 bridgehead atoms. The maximum Gasteiger partial charge on any atom is 0.255 e. The molecule has 0 aliphatic heterocycles. The van der Waals surface area contributed by atoms with Crippen molar-refractivity contribution in [3.8, 4) is 0 Å². The SMILES string of the molecule is CCNC(=NCC(C)(C)SC)NCC(F)F.I. The lowest BCUT2D eigenvalue weighted by atomic mass is 10.2. The Balaban J connectivity index is 0. The first kappa shape index (κ1) is 19.5. The predicted octanol–water partition coefficient (Wildman–Crippen LogP) is 2.57. The lowest BCUT2D eigenvalue weighted by Gasteiger charge is -2.20. The first-order valence-corrected chi connectivity index (χ1v) is 6.49. The highest BCUT2D eigenvalue weighted by molar-refractivity contribution is 14.0. The Morgan fingerprint density at radius 2 is 1.94 bits per heavy atom. The summed E-state index contributed by atoms with van der Waals surface area (Å²) in [5, 5.41) is 5.53. The number of nitrogens with one attached hydrogen (secondary N) is 2. The summed E-state index contributed by atoms with van der Waals surface area (Å²) in [5.41, 5.74) is 0. The van der Waals surface area contributed by atoms with Crippen LogP contribution in [0.1, 0.15) is 20.8 Å².